The van der Waals surface area contributed by atoms with Crippen LogP contribution >= 0.6 is 12.4 Å². The van der Waals surface area contributed by atoms with Crippen LogP contribution in [0.25, 0.3) is 0 Å². The summed E-state index contributed by atoms with van der Waals surface area (Å²) in [7, 11) is -2.91. The van der Waals surface area contributed by atoms with Gasteiger partial charge in [0.15, 0.2) is 9.84 Å². The van der Waals surface area contributed by atoms with Crippen molar-refractivity contribution >= 4 is 28.2 Å². The molecule has 0 radical (unpaired) electrons. The lowest BCUT2D eigenvalue weighted by Gasteiger charge is -2.30. The summed E-state index contributed by atoms with van der Waals surface area (Å²) >= 11 is 0. The Morgan fingerprint density at radius 3 is 2.24 bits per heavy atom. The molecule has 2 aliphatic rings. The second-order valence-electron chi connectivity index (χ2n) is 4.68. The van der Waals surface area contributed by atoms with Crippen molar-refractivity contribution in [2.24, 2.45) is 11.7 Å². The van der Waals surface area contributed by atoms with Crippen molar-refractivity contribution in [3.05, 3.63) is 0 Å². The summed E-state index contributed by atoms with van der Waals surface area (Å²) in [4.78, 5) is 13.7. The molecule has 2 N–H and O–H groups in total. The van der Waals surface area contributed by atoms with Gasteiger partial charge in [-0.05, 0) is 12.8 Å². The second kappa shape index (κ2) is 5.54. The van der Waals surface area contributed by atoms with Crippen LogP contribution in [0.3, 0.4) is 0 Å². The molecule has 0 aromatic carbocycles. The summed E-state index contributed by atoms with van der Waals surface area (Å²) in [5.74, 6) is 0.169. The van der Waals surface area contributed by atoms with Gasteiger partial charge in [-0.2, -0.15) is 0 Å². The molecular formula is C10H19ClN2O3S. The number of halogens is 1. The highest BCUT2D eigenvalue weighted by molar-refractivity contribution is 7.91. The quantitative estimate of drug-likeness (QED) is 0.722. The topological polar surface area (TPSA) is 80.5 Å². The van der Waals surface area contributed by atoms with Gasteiger partial charge in [-0.1, -0.05) is 6.42 Å². The molecule has 7 heteroatoms. The van der Waals surface area contributed by atoms with E-state index in [-0.39, 0.29) is 41.8 Å². The Kier molecular flexibility index (Phi) is 4.80. The molecule has 1 aliphatic heterocycles. The van der Waals surface area contributed by atoms with Gasteiger partial charge in [0, 0.05) is 19.1 Å². The Morgan fingerprint density at radius 2 is 1.76 bits per heavy atom. The van der Waals surface area contributed by atoms with Gasteiger partial charge < -0.3 is 10.6 Å². The van der Waals surface area contributed by atoms with Gasteiger partial charge >= 0.3 is 0 Å². The van der Waals surface area contributed by atoms with Crippen LogP contribution < -0.4 is 5.73 Å². The molecular weight excluding hydrogens is 264 g/mol. The second-order valence-corrected chi connectivity index (χ2v) is 6.98. The number of carbonyl (C=O) groups excluding carboxylic acids is 1. The van der Waals surface area contributed by atoms with Crippen molar-refractivity contribution in [2.75, 3.05) is 24.6 Å². The van der Waals surface area contributed by atoms with E-state index in [1.54, 1.807) is 4.90 Å². The molecule has 1 amide bonds. The fourth-order valence-corrected chi connectivity index (χ4v) is 3.66. The molecule has 2 atom stereocenters. The van der Waals surface area contributed by atoms with Crippen molar-refractivity contribution in [1.29, 1.82) is 0 Å². The predicted molar refractivity (Wildman–Crippen MR) is 67.8 cm³/mol. The number of hydrogen-bond donors (Lipinski definition) is 1. The zero-order valence-electron chi connectivity index (χ0n) is 9.67. The molecule has 100 valence electrons. The maximum Gasteiger partial charge on any atom is 0.227 e. The summed E-state index contributed by atoms with van der Waals surface area (Å²) in [5, 5.41) is 0. The van der Waals surface area contributed by atoms with E-state index in [2.05, 4.69) is 0 Å². The highest BCUT2D eigenvalue weighted by Crippen LogP contribution is 2.26. The van der Waals surface area contributed by atoms with E-state index in [0.29, 0.717) is 13.1 Å². The molecule has 0 bridgehead atoms. The first kappa shape index (κ1) is 14.7. The largest absolute Gasteiger partial charge is 0.340 e. The van der Waals surface area contributed by atoms with Crippen LogP contribution in [-0.2, 0) is 14.6 Å². The zero-order valence-corrected chi connectivity index (χ0v) is 11.3. The lowest BCUT2D eigenvalue weighted by atomic mass is 10.0. The Morgan fingerprint density at radius 1 is 1.18 bits per heavy atom. The Labute approximate surface area is 108 Å². The van der Waals surface area contributed by atoms with Gasteiger partial charge in [0.1, 0.15) is 0 Å². The van der Waals surface area contributed by atoms with Crippen LogP contribution in [0, 0.1) is 5.92 Å². The standard InChI is InChI=1S/C10H18N2O3S.ClH/c11-9-3-1-2-8(9)10(13)12-4-6-16(14,15)7-5-12;/h8-9H,1-7,11H2;1H. The van der Waals surface area contributed by atoms with Crippen molar-refractivity contribution in [1.82, 2.24) is 4.90 Å². The summed E-state index contributed by atoms with van der Waals surface area (Å²) in [6.45, 7) is 0.675. The number of nitrogens with zero attached hydrogens (tertiary/aromatic N) is 1. The molecule has 5 nitrogen and oxygen atoms in total. The van der Waals surface area contributed by atoms with Crippen LogP contribution in [-0.4, -0.2) is 49.9 Å². The summed E-state index contributed by atoms with van der Waals surface area (Å²) < 4.78 is 22.5. The highest BCUT2D eigenvalue weighted by atomic mass is 35.5. The summed E-state index contributed by atoms with van der Waals surface area (Å²) in [6.07, 6.45) is 2.76. The Hall–Kier alpha value is -0.330. The highest BCUT2D eigenvalue weighted by Gasteiger charge is 2.35. The molecule has 0 aromatic rings. The SMILES string of the molecule is Cl.NC1CCCC1C(=O)N1CCS(=O)(=O)CC1. The van der Waals surface area contributed by atoms with Gasteiger partial charge in [0.2, 0.25) is 5.91 Å². The molecule has 1 aliphatic carbocycles. The van der Waals surface area contributed by atoms with Crippen LogP contribution in [0.1, 0.15) is 19.3 Å². The maximum absolute atomic E-state index is 12.1. The van der Waals surface area contributed by atoms with E-state index >= 15 is 0 Å². The first-order valence-electron chi connectivity index (χ1n) is 5.74. The predicted octanol–water partition coefficient (Wildman–Crippen LogP) is -0.207. The third kappa shape index (κ3) is 3.33. The normalized spacial score (nSPS) is 31.9. The van der Waals surface area contributed by atoms with E-state index in [1.165, 1.54) is 0 Å². The zero-order chi connectivity index (χ0) is 11.8. The minimum Gasteiger partial charge on any atom is -0.340 e. The van der Waals surface area contributed by atoms with E-state index < -0.39 is 9.84 Å². The third-order valence-electron chi connectivity index (χ3n) is 3.54. The molecule has 2 unspecified atom stereocenters. The number of amides is 1. The number of hydrogen-bond acceptors (Lipinski definition) is 4. The lowest BCUT2D eigenvalue weighted by molar-refractivity contribution is -0.135. The molecule has 2 rings (SSSR count). The van der Waals surface area contributed by atoms with E-state index in [1.807, 2.05) is 0 Å². The third-order valence-corrected chi connectivity index (χ3v) is 5.15. The smallest absolute Gasteiger partial charge is 0.227 e. The monoisotopic (exact) mass is 282 g/mol. The van der Waals surface area contributed by atoms with Gasteiger partial charge in [-0.15, -0.1) is 12.4 Å². The van der Waals surface area contributed by atoms with Crippen molar-refractivity contribution in [2.45, 2.75) is 25.3 Å². The average molecular weight is 283 g/mol. The van der Waals surface area contributed by atoms with E-state index in [4.69, 9.17) is 5.73 Å². The van der Waals surface area contributed by atoms with Crippen LogP contribution in [0.15, 0.2) is 0 Å². The van der Waals surface area contributed by atoms with Crippen molar-refractivity contribution in [3.8, 4) is 0 Å². The molecule has 1 saturated carbocycles. The molecule has 1 heterocycles. The molecule has 0 aromatic heterocycles. The van der Waals surface area contributed by atoms with Gasteiger partial charge in [0.05, 0.1) is 17.4 Å². The summed E-state index contributed by atoms with van der Waals surface area (Å²) in [5.41, 5.74) is 5.87. The first-order valence-corrected chi connectivity index (χ1v) is 7.56. The fourth-order valence-electron chi connectivity index (χ4n) is 2.46. The fraction of sp³-hybridized carbons (Fsp3) is 0.900. The number of nitrogens with two attached hydrogens (primary N) is 1. The molecule has 17 heavy (non-hydrogen) atoms. The van der Waals surface area contributed by atoms with Gasteiger partial charge in [-0.3, -0.25) is 4.79 Å². The van der Waals surface area contributed by atoms with Crippen molar-refractivity contribution in [3.63, 3.8) is 0 Å². The molecule has 1 saturated heterocycles. The number of sulfone groups is 1. The van der Waals surface area contributed by atoms with Crippen LogP contribution in [0.4, 0.5) is 0 Å². The number of carbonyl (C=O) groups is 1. The lowest BCUT2D eigenvalue weighted by Crippen LogP contribution is -2.48. The minimum atomic E-state index is -2.91. The van der Waals surface area contributed by atoms with Gasteiger partial charge in [-0.25, -0.2) is 8.42 Å². The van der Waals surface area contributed by atoms with E-state index in [9.17, 15) is 13.2 Å². The Bertz CT molecular complexity index is 371. The average Bonchev–Trinajstić information content (AvgIpc) is 2.63. The molecule has 0 spiro atoms. The Balaban J connectivity index is 0.00000144. The minimum absolute atomic E-state index is 0. The van der Waals surface area contributed by atoms with Crippen LogP contribution in [0.2, 0.25) is 0 Å². The summed E-state index contributed by atoms with van der Waals surface area (Å²) in [6, 6.07) is -0.0361. The van der Waals surface area contributed by atoms with Gasteiger partial charge in [0.25, 0.3) is 0 Å². The van der Waals surface area contributed by atoms with E-state index in [0.717, 1.165) is 19.3 Å². The molecule has 2 fully saturated rings. The first-order chi connectivity index (χ1) is 7.49. The van der Waals surface area contributed by atoms with Crippen LogP contribution in [0.5, 0.6) is 0 Å². The van der Waals surface area contributed by atoms with Crippen molar-refractivity contribution < 1.29 is 13.2 Å². The number of rotatable bonds is 1. The maximum atomic E-state index is 12.1.